The van der Waals surface area contributed by atoms with Crippen LogP contribution >= 0.6 is 0 Å². The molecule has 0 radical (unpaired) electrons. The molecule has 2 rings (SSSR count). The fourth-order valence-electron chi connectivity index (χ4n) is 2.75. The Kier molecular flexibility index (Phi) is 4.55. The molecule has 0 saturated heterocycles. The molecule has 1 fully saturated rings. The van der Waals surface area contributed by atoms with E-state index in [1.54, 1.807) is 12.1 Å². The van der Waals surface area contributed by atoms with Crippen LogP contribution in [0.4, 0.5) is 4.39 Å². The third-order valence-corrected chi connectivity index (χ3v) is 4.36. The number of halogens is 1. The smallest absolute Gasteiger partial charge is 0.129 e. The number of hydrogen-bond donors (Lipinski definition) is 1. The molecule has 0 aliphatic heterocycles. The summed E-state index contributed by atoms with van der Waals surface area (Å²) in [5.74, 6) is 1.24. The third-order valence-electron chi connectivity index (χ3n) is 4.36. The Labute approximate surface area is 114 Å². The van der Waals surface area contributed by atoms with Crippen molar-refractivity contribution in [3.8, 4) is 6.07 Å². The van der Waals surface area contributed by atoms with E-state index in [2.05, 4.69) is 19.2 Å². The molecule has 1 aliphatic carbocycles. The first-order chi connectivity index (χ1) is 9.10. The van der Waals surface area contributed by atoms with Crippen LogP contribution in [0, 0.1) is 29.0 Å². The highest BCUT2D eigenvalue weighted by atomic mass is 19.1. The van der Waals surface area contributed by atoms with Crippen molar-refractivity contribution in [2.45, 2.75) is 45.7 Å². The van der Waals surface area contributed by atoms with Gasteiger partial charge in [0.05, 0.1) is 11.6 Å². The van der Waals surface area contributed by atoms with Gasteiger partial charge in [0.1, 0.15) is 5.82 Å². The maximum atomic E-state index is 13.7. The number of benzene rings is 1. The summed E-state index contributed by atoms with van der Waals surface area (Å²) < 4.78 is 13.7. The number of rotatable bonds is 3. The first-order valence-corrected chi connectivity index (χ1v) is 7.02. The molecule has 0 amide bonds. The predicted molar refractivity (Wildman–Crippen MR) is 73.9 cm³/mol. The van der Waals surface area contributed by atoms with Crippen molar-refractivity contribution in [1.29, 1.82) is 5.26 Å². The van der Waals surface area contributed by atoms with E-state index < -0.39 is 0 Å². The summed E-state index contributed by atoms with van der Waals surface area (Å²) in [5.41, 5.74) is 1.02. The SMILES string of the molecule is CC1CCC(NCc2ccc(C#N)cc2F)CC1C. The molecular weight excluding hydrogens is 239 g/mol. The summed E-state index contributed by atoms with van der Waals surface area (Å²) in [6.07, 6.45) is 3.58. The van der Waals surface area contributed by atoms with Crippen molar-refractivity contribution in [1.82, 2.24) is 5.32 Å². The van der Waals surface area contributed by atoms with Crippen molar-refractivity contribution >= 4 is 0 Å². The largest absolute Gasteiger partial charge is 0.310 e. The number of hydrogen-bond acceptors (Lipinski definition) is 2. The zero-order valence-electron chi connectivity index (χ0n) is 11.6. The van der Waals surface area contributed by atoms with Gasteiger partial charge in [0.15, 0.2) is 0 Å². The summed E-state index contributed by atoms with van der Waals surface area (Å²) in [4.78, 5) is 0. The van der Waals surface area contributed by atoms with Crippen LogP contribution in [-0.4, -0.2) is 6.04 Å². The fourth-order valence-corrected chi connectivity index (χ4v) is 2.75. The first-order valence-electron chi connectivity index (χ1n) is 7.02. The molecule has 1 aromatic carbocycles. The van der Waals surface area contributed by atoms with Gasteiger partial charge in [0.2, 0.25) is 0 Å². The zero-order chi connectivity index (χ0) is 13.8. The van der Waals surface area contributed by atoms with E-state index >= 15 is 0 Å². The molecule has 1 saturated carbocycles. The Morgan fingerprint density at radius 1 is 1.32 bits per heavy atom. The molecule has 1 aliphatic rings. The molecular formula is C16H21FN2. The van der Waals surface area contributed by atoms with Crippen LogP contribution in [0.5, 0.6) is 0 Å². The summed E-state index contributed by atoms with van der Waals surface area (Å²) >= 11 is 0. The van der Waals surface area contributed by atoms with Crippen LogP contribution in [-0.2, 0) is 6.54 Å². The summed E-state index contributed by atoms with van der Waals surface area (Å²) in [5, 5.41) is 12.2. The van der Waals surface area contributed by atoms with Crippen LogP contribution in [0.15, 0.2) is 18.2 Å². The Morgan fingerprint density at radius 3 is 2.74 bits per heavy atom. The maximum Gasteiger partial charge on any atom is 0.129 e. The van der Waals surface area contributed by atoms with Crippen molar-refractivity contribution in [3.63, 3.8) is 0 Å². The van der Waals surface area contributed by atoms with Crippen molar-refractivity contribution in [3.05, 3.63) is 35.1 Å². The van der Waals surface area contributed by atoms with Crippen LogP contribution in [0.3, 0.4) is 0 Å². The molecule has 0 aromatic heterocycles. The summed E-state index contributed by atoms with van der Waals surface area (Å²) in [6.45, 7) is 5.14. The number of nitrogens with zero attached hydrogens (tertiary/aromatic N) is 1. The summed E-state index contributed by atoms with van der Waals surface area (Å²) in [6, 6.07) is 7.12. The van der Waals surface area contributed by atoms with Crippen molar-refractivity contribution in [2.75, 3.05) is 0 Å². The van der Waals surface area contributed by atoms with Gasteiger partial charge in [-0.1, -0.05) is 19.9 Å². The van der Waals surface area contributed by atoms with Crippen LogP contribution in [0.25, 0.3) is 0 Å². The molecule has 102 valence electrons. The molecule has 0 heterocycles. The second-order valence-electron chi connectivity index (χ2n) is 5.76. The Hall–Kier alpha value is -1.40. The van der Waals surface area contributed by atoms with Gasteiger partial charge in [0, 0.05) is 18.2 Å². The Morgan fingerprint density at radius 2 is 2.11 bits per heavy atom. The number of nitriles is 1. The second-order valence-corrected chi connectivity index (χ2v) is 5.76. The molecule has 0 bridgehead atoms. The highest BCUT2D eigenvalue weighted by molar-refractivity contribution is 5.32. The summed E-state index contributed by atoms with van der Waals surface area (Å²) in [7, 11) is 0. The van der Waals surface area contributed by atoms with Gasteiger partial charge in [-0.25, -0.2) is 4.39 Å². The van der Waals surface area contributed by atoms with Crippen LogP contribution in [0.2, 0.25) is 0 Å². The molecule has 19 heavy (non-hydrogen) atoms. The third kappa shape index (κ3) is 3.54. The van der Waals surface area contributed by atoms with Gasteiger partial charge in [-0.2, -0.15) is 5.26 Å². The van der Waals surface area contributed by atoms with E-state index in [1.165, 1.54) is 25.3 Å². The van der Waals surface area contributed by atoms with Gasteiger partial charge in [-0.15, -0.1) is 0 Å². The first kappa shape index (κ1) is 14.0. The lowest BCUT2D eigenvalue weighted by Gasteiger charge is -2.32. The van der Waals surface area contributed by atoms with Gasteiger partial charge < -0.3 is 5.32 Å². The molecule has 2 nitrogen and oxygen atoms in total. The van der Waals surface area contributed by atoms with Gasteiger partial charge >= 0.3 is 0 Å². The molecule has 1 aromatic rings. The highest BCUT2D eigenvalue weighted by Crippen LogP contribution is 2.29. The van der Waals surface area contributed by atoms with Gasteiger partial charge in [0.25, 0.3) is 0 Å². The lowest BCUT2D eigenvalue weighted by atomic mass is 9.79. The monoisotopic (exact) mass is 260 g/mol. The van der Waals surface area contributed by atoms with Crippen molar-refractivity contribution < 1.29 is 4.39 Å². The van der Waals surface area contributed by atoms with E-state index in [1.807, 2.05) is 6.07 Å². The van der Waals surface area contributed by atoms with E-state index in [-0.39, 0.29) is 5.82 Å². The van der Waals surface area contributed by atoms with Crippen LogP contribution < -0.4 is 5.32 Å². The van der Waals surface area contributed by atoms with E-state index in [0.717, 1.165) is 11.8 Å². The Bertz CT molecular complexity index is 478. The molecule has 3 atom stereocenters. The van der Waals surface area contributed by atoms with Crippen molar-refractivity contribution in [2.24, 2.45) is 11.8 Å². The molecule has 3 heteroatoms. The minimum atomic E-state index is -0.288. The molecule has 1 N–H and O–H groups in total. The zero-order valence-corrected chi connectivity index (χ0v) is 11.6. The normalized spacial score (nSPS) is 26.9. The molecule has 0 spiro atoms. The Balaban J connectivity index is 1.91. The average molecular weight is 260 g/mol. The quantitative estimate of drug-likeness (QED) is 0.901. The second kappa shape index (κ2) is 6.16. The standard InChI is InChI=1S/C16H21FN2/c1-11-3-6-15(7-12(11)2)19-10-14-5-4-13(9-18)8-16(14)17/h4-5,8,11-12,15,19H,3,6-7,10H2,1-2H3. The minimum Gasteiger partial charge on any atom is -0.310 e. The topological polar surface area (TPSA) is 35.8 Å². The van der Waals surface area contributed by atoms with Crippen LogP contribution in [0.1, 0.15) is 44.2 Å². The fraction of sp³-hybridized carbons (Fsp3) is 0.562. The van der Waals surface area contributed by atoms with Gasteiger partial charge in [-0.3, -0.25) is 0 Å². The van der Waals surface area contributed by atoms with E-state index in [4.69, 9.17) is 5.26 Å². The highest BCUT2D eigenvalue weighted by Gasteiger charge is 2.24. The van der Waals surface area contributed by atoms with Gasteiger partial charge in [-0.05, 0) is 43.2 Å². The average Bonchev–Trinajstić information content (AvgIpc) is 2.41. The lowest BCUT2D eigenvalue weighted by molar-refractivity contribution is 0.225. The lowest BCUT2D eigenvalue weighted by Crippen LogP contribution is -2.35. The minimum absolute atomic E-state index is 0.288. The number of nitrogens with one attached hydrogen (secondary N) is 1. The van der Waals surface area contributed by atoms with E-state index in [9.17, 15) is 4.39 Å². The predicted octanol–water partition coefficient (Wildman–Crippen LogP) is 3.61. The van der Waals surface area contributed by atoms with E-state index in [0.29, 0.717) is 23.7 Å². The molecule has 3 unspecified atom stereocenters. The maximum absolute atomic E-state index is 13.7.